The van der Waals surface area contributed by atoms with Crippen molar-refractivity contribution in [2.45, 2.75) is 45.2 Å². The molecular weight excluding hydrogens is 372 g/mol. The van der Waals surface area contributed by atoms with Crippen LogP contribution in [-0.4, -0.2) is 49.9 Å². The number of ether oxygens (including phenoxy) is 1. The zero-order valence-corrected chi connectivity index (χ0v) is 16.7. The molecule has 9 nitrogen and oxygen atoms in total. The van der Waals surface area contributed by atoms with E-state index in [4.69, 9.17) is 9.15 Å². The molecule has 0 saturated heterocycles. The zero-order chi connectivity index (χ0) is 20.2. The molecule has 1 N–H and O–H groups in total. The maximum Gasteiger partial charge on any atom is 0.258 e. The number of amides is 1. The Hall–Kier alpha value is -3.23. The standard InChI is InChI=1S/C20H22N6O3/c1-11-14(15-16(25-20(2)5-6-20)22-10-24-18(15)29-11)19(27)26-7-4-13-12(8-26)17(28-3)23-9-21-13/h9-10H,4-8H2,1-3H3,(H,22,24,25). The molecule has 2 aliphatic rings. The van der Waals surface area contributed by atoms with Gasteiger partial charge in [-0.1, -0.05) is 0 Å². The van der Waals surface area contributed by atoms with Gasteiger partial charge in [0, 0.05) is 18.5 Å². The van der Waals surface area contributed by atoms with E-state index in [1.54, 1.807) is 18.9 Å². The number of carbonyl (C=O) groups is 1. The van der Waals surface area contributed by atoms with Crippen molar-refractivity contribution >= 4 is 22.8 Å². The predicted octanol–water partition coefficient (Wildman–Crippen LogP) is 2.49. The molecule has 3 aromatic heterocycles. The summed E-state index contributed by atoms with van der Waals surface area (Å²) in [6.45, 7) is 4.88. The van der Waals surface area contributed by atoms with Gasteiger partial charge in [0.25, 0.3) is 5.91 Å². The van der Waals surface area contributed by atoms with E-state index in [2.05, 4.69) is 32.2 Å². The first-order chi connectivity index (χ1) is 14.0. The monoisotopic (exact) mass is 394 g/mol. The van der Waals surface area contributed by atoms with Crippen LogP contribution in [0.5, 0.6) is 5.88 Å². The highest BCUT2D eigenvalue weighted by Gasteiger charge is 2.39. The number of nitrogens with one attached hydrogen (secondary N) is 1. The minimum Gasteiger partial charge on any atom is -0.481 e. The third-order valence-electron chi connectivity index (χ3n) is 5.74. The number of anilines is 1. The number of furan rings is 1. The summed E-state index contributed by atoms with van der Waals surface area (Å²) in [6, 6.07) is 0. The van der Waals surface area contributed by atoms with Crippen molar-refractivity contribution in [1.82, 2.24) is 24.8 Å². The quantitative estimate of drug-likeness (QED) is 0.719. The number of fused-ring (bicyclic) bond motifs is 2. The number of rotatable bonds is 4. The molecule has 1 aliphatic carbocycles. The topological polar surface area (TPSA) is 106 Å². The van der Waals surface area contributed by atoms with Crippen LogP contribution in [0.4, 0.5) is 5.82 Å². The molecule has 0 unspecified atom stereocenters. The van der Waals surface area contributed by atoms with Crippen LogP contribution in [0.15, 0.2) is 17.1 Å². The Bertz CT molecular complexity index is 1110. The van der Waals surface area contributed by atoms with Gasteiger partial charge in [-0.15, -0.1) is 0 Å². The molecule has 0 atom stereocenters. The van der Waals surface area contributed by atoms with Gasteiger partial charge in [0.05, 0.1) is 35.9 Å². The van der Waals surface area contributed by atoms with Crippen LogP contribution in [0.1, 0.15) is 47.1 Å². The lowest BCUT2D eigenvalue weighted by Crippen LogP contribution is -2.37. The van der Waals surface area contributed by atoms with Gasteiger partial charge in [-0.2, -0.15) is 0 Å². The second kappa shape index (κ2) is 6.40. The number of carbonyl (C=O) groups excluding carboxylic acids is 1. The van der Waals surface area contributed by atoms with Crippen molar-refractivity contribution in [3.63, 3.8) is 0 Å². The molecule has 0 radical (unpaired) electrons. The summed E-state index contributed by atoms with van der Waals surface area (Å²) < 4.78 is 11.2. The fourth-order valence-corrected chi connectivity index (χ4v) is 3.82. The van der Waals surface area contributed by atoms with E-state index in [9.17, 15) is 4.79 Å². The molecule has 0 aromatic carbocycles. The Kier molecular flexibility index (Phi) is 3.94. The molecular formula is C20H22N6O3. The number of methoxy groups -OCH3 is 1. The Morgan fingerprint density at radius 2 is 2.03 bits per heavy atom. The summed E-state index contributed by atoms with van der Waals surface area (Å²) in [5.74, 6) is 1.58. The summed E-state index contributed by atoms with van der Waals surface area (Å²) in [5, 5.41) is 4.10. The van der Waals surface area contributed by atoms with Gasteiger partial charge in [-0.3, -0.25) is 4.79 Å². The number of aryl methyl sites for hydroxylation is 1. The van der Waals surface area contributed by atoms with Gasteiger partial charge in [0.2, 0.25) is 11.6 Å². The summed E-state index contributed by atoms with van der Waals surface area (Å²) >= 11 is 0. The number of nitrogens with zero attached hydrogens (tertiary/aromatic N) is 5. The largest absolute Gasteiger partial charge is 0.481 e. The third kappa shape index (κ3) is 2.97. The van der Waals surface area contributed by atoms with Crippen LogP contribution in [0, 0.1) is 6.92 Å². The average Bonchev–Trinajstić information content (AvgIpc) is 3.34. The lowest BCUT2D eigenvalue weighted by molar-refractivity contribution is 0.0731. The molecule has 4 heterocycles. The minimum absolute atomic E-state index is 0.0154. The van der Waals surface area contributed by atoms with Gasteiger partial charge in [-0.25, -0.2) is 19.9 Å². The van der Waals surface area contributed by atoms with Gasteiger partial charge in [0.1, 0.15) is 24.2 Å². The Balaban J connectivity index is 1.54. The minimum atomic E-state index is -0.114. The van der Waals surface area contributed by atoms with E-state index < -0.39 is 0 Å². The van der Waals surface area contributed by atoms with E-state index in [1.807, 2.05) is 0 Å². The molecule has 150 valence electrons. The highest BCUT2D eigenvalue weighted by molar-refractivity contribution is 6.10. The smallest absolute Gasteiger partial charge is 0.258 e. The normalized spacial score (nSPS) is 17.1. The number of hydrogen-bond donors (Lipinski definition) is 1. The third-order valence-corrected chi connectivity index (χ3v) is 5.74. The van der Waals surface area contributed by atoms with Gasteiger partial charge >= 0.3 is 0 Å². The highest BCUT2D eigenvalue weighted by Crippen LogP contribution is 2.40. The molecule has 3 aromatic rings. The molecule has 0 bridgehead atoms. The highest BCUT2D eigenvalue weighted by atomic mass is 16.5. The second-order valence-corrected chi connectivity index (χ2v) is 7.91. The fourth-order valence-electron chi connectivity index (χ4n) is 3.82. The first kappa shape index (κ1) is 17.8. The second-order valence-electron chi connectivity index (χ2n) is 7.91. The Labute approximate surface area is 167 Å². The zero-order valence-electron chi connectivity index (χ0n) is 16.7. The van der Waals surface area contributed by atoms with Crippen LogP contribution in [-0.2, 0) is 13.0 Å². The van der Waals surface area contributed by atoms with Crippen molar-refractivity contribution < 1.29 is 13.9 Å². The molecule has 1 amide bonds. The number of hydrogen-bond acceptors (Lipinski definition) is 8. The predicted molar refractivity (Wildman–Crippen MR) is 105 cm³/mol. The molecule has 5 rings (SSSR count). The van der Waals surface area contributed by atoms with Gasteiger partial charge in [-0.05, 0) is 26.7 Å². The fraction of sp³-hybridized carbons (Fsp3) is 0.450. The van der Waals surface area contributed by atoms with Crippen molar-refractivity contribution in [2.75, 3.05) is 19.0 Å². The number of aromatic nitrogens is 4. The SMILES string of the molecule is COc1ncnc2c1CN(C(=O)c1c(C)oc3ncnc(NC4(C)CC4)c13)CC2. The first-order valence-electron chi connectivity index (χ1n) is 9.67. The van der Waals surface area contributed by atoms with Crippen LogP contribution in [0.3, 0.4) is 0 Å². The molecule has 1 aliphatic heterocycles. The maximum atomic E-state index is 13.5. The summed E-state index contributed by atoms with van der Waals surface area (Å²) in [4.78, 5) is 32.5. The molecule has 0 spiro atoms. The molecule has 1 saturated carbocycles. The van der Waals surface area contributed by atoms with Crippen LogP contribution >= 0.6 is 0 Å². The first-order valence-corrected chi connectivity index (χ1v) is 9.67. The lowest BCUT2D eigenvalue weighted by atomic mass is 10.0. The van der Waals surface area contributed by atoms with Crippen LogP contribution in [0.25, 0.3) is 11.1 Å². The average molecular weight is 394 g/mol. The van der Waals surface area contributed by atoms with Gasteiger partial charge in [0.15, 0.2) is 0 Å². The van der Waals surface area contributed by atoms with E-state index in [1.165, 1.54) is 12.7 Å². The van der Waals surface area contributed by atoms with Crippen molar-refractivity contribution in [3.05, 3.63) is 35.2 Å². The van der Waals surface area contributed by atoms with E-state index >= 15 is 0 Å². The molecule has 29 heavy (non-hydrogen) atoms. The Morgan fingerprint density at radius 1 is 1.24 bits per heavy atom. The van der Waals surface area contributed by atoms with Crippen LogP contribution in [0.2, 0.25) is 0 Å². The van der Waals surface area contributed by atoms with Crippen LogP contribution < -0.4 is 10.1 Å². The Morgan fingerprint density at radius 3 is 2.79 bits per heavy atom. The summed E-state index contributed by atoms with van der Waals surface area (Å²) in [5.41, 5.74) is 2.71. The van der Waals surface area contributed by atoms with E-state index in [0.717, 1.165) is 24.1 Å². The van der Waals surface area contributed by atoms with E-state index in [0.29, 0.717) is 53.6 Å². The lowest BCUT2D eigenvalue weighted by Gasteiger charge is -2.28. The summed E-state index contributed by atoms with van der Waals surface area (Å²) in [6.07, 6.45) is 5.75. The molecule has 9 heteroatoms. The summed E-state index contributed by atoms with van der Waals surface area (Å²) in [7, 11) is 1.57. The molecule has 1 fully saturated rings. The van der Waals surface area contributed by atoms with Gasteiger partial charge < -0.3 is 19.4 Å². The van der Waals surface area contributed by atoms with Crippen molar-refractivity contribution in [3.8, 4) is 5.88 Å². The van der Waals surface area contributed by atoms with Crippen molar-refractivity contribution in [2.24, 2.45) is 0 Å². The van der Waals surface area contributed by atoms with E-state index in [-0.39, 0.29) is 11.4 Å². The van der Waals surface area contributed by atoms with Crippen molar-refractivity contribution in [1.29, 1.82) is 0 Å². The maximum absolute atomic E-state index is 13.5.